The fraction of sp³-hybridized carbons (Fsp3) is 0.143. The Morgan fingerprint density at radius 3 is 2.39 bits per heavy atom. The normalized spacial score (nSPS) is 10.1. The van der Waals surface area contributed by atoms with Crippen LogP contribution >= 0.6 is 0 Å². The van der Waals surface area contributed by atoms with Crippen molar-refractivity contribution in [1.82, 2.24) is 0 Å². The van der Waals surface area contributed by atoms with Gasteiger partial charge in [-0.2, -0.15) is 0 Å². The molecule has 0 spiro atoms. The second kappa shape index (κ2) is 4.87. The van der Waals surface area contributed by atoms with Gasteiger partial charge in [0.1, 0.15) is 17.2 Å². The molecule has 0 aromatic heterocycles. The van der Waals surface area contributed by atoms with Crippen LogP contribution in [0.4, 0.5) is 5.69 Å². The molecule has 0 unspecified atom stereocenters. The first kappa shape index (κ1) is 12.1. The van der Waals surface area contributed by atoms with E-state index in [0.29, 0.717) is 22.7 Å². The van der Waals surface area contributed by atoms with E-state index in [9.17, 15) is 5.11 Å². The number of phenols is 1. The van der Waals surface area contributed by atoms with Gasteiger partial charge in [0, 0.05) is 22.9 Å². The standard InChI is InChI=1S/C14H15NO3/c1-17-10-4-5-11(14(8-10)18-2)12-7-9(15)3-6-13(12)16/h3-8,16H,15H2,1-2H3. The lowest BCUT2D eigenvalue weighted by Crippen LogP contribution is -1.92. The lowest BCUT2D eigenvalue weighted by Gasteiger charge is -2.12. The zero-order valence-corrected chi connectivity index (χ0v) is 10.3. The highest BCUT2D eigenvalue weighted by Crippen LogP contribution is 2.38. The van der Waals surface area contributed by atoms with Crippen molar-refractivity contribution in [2.75, 3.05) is 20.0 Å². The lowest BCUT2D eigenvalue weighted by atomic mass is 10.0. The molecular weight excluding hydrogens is 230 g/mol. The summed E-state index contributed by atoms with van der Waals surface area (Å²) in [5, 5.41) is 9.89. The highest BCUT2D eigenvalue weighted by molar-refractivity contribution is 5.78. The molecule has 2 aromatic rings. The summed E-state index contributed by atoms with van der Waals surface area (Å²) in [5.41, 5.74) is 7.72. The molecule has 0 fully saturated rings. The smallest absolute Gasteiger partial charge is 0.130 e. The molecule has 0 aliphatic heterocycles. The number of rotatable bonds is 3. The molecular formula is C14H15NO3. The van der Waals surface area contributed by atoms with Crippen LogP contribution in [0.25, 0.3) is 11.1 Å². The van der Waals surface area contributed by atoms with E-state index in [1.54, 1.807) is 44.6 Å². The minimum atomic E-state index is 0.160. The summed E-state index contributed by atoms with van der Waals surface area (Å²) in [6.45, 7) is 0. The minimum absolute atomic E-state index is 0.160. The van der Waals surface area contributed by atoms with Crippen LogP contribution in [0, 0.1) is 0 Å². The molecule has 2 rings (SSSR count). The van der Waals surface area contributed by atoms with Gasteiger partial charge in [-0.25, -0.2) is 0 Å². The Bertz CT molecular complexity index is 567. The minimum Gasteiger partial charge on any atom is -0.507 e. The second-order valence-electron chi connectivity index (χ2n) is 3.84. The molecule has 0 aliphatic carbocycles. The molecule has 0 bridgehead atoms. The van der Waals surface area contributed by atoms with E-state index in [2.05, 4.69) is 0 Å². The molecule has 4 nitrogen and oxygen atoms in total. The average molecular weight is 245 g/mol. The molecule has 94 valence electrons. The zero-order valence-electron chi connectivity index (χ0n) is 10.3. The van der Waals surface area contributed by atoms with Gasteiger partial charge in [-0.3, -0.25) is 0 Å². The van der Waals surface area contributed by atoms with Crippen molar-refractivity contribution >= 4 is 5.69 Å². The van der Waals surface area contributed by atoms with Gasteiger partial charge in [0.25, 0.3) is 0 Å². The van der Waals surface area contributed by atoms with E-state index in [1.165, 1.54) is 0 Å². The van der Waals surface area contributed by atoms with Gasteiger partial charge in [-0.15, -0.1) is 0 Å². The Kier molecular flexibility index (Phi) is 3.28. The number of nitrogen functional groups attached to an aromatic ring is 1. The summed E-state index contributed by atoms with van der Waals surface area (Å²) in [6, 6.07) is 10.3. The second-order valence-corrected chi connectivity index (χ2v) is 3.84. The van der Waals surface area contributed by atoms with Crippen molar-refractivity contribution in [3.8, 4) is 28.4 Å². The van der Waals surface area contributed by atoms with Crippen LogP contribution in [0.3, 0.4) is 0 Å². The molecule has 18 heavy (non-hydrogen) atoms. The van der Waals surface area contributed by atoms with E-state index in [4.69, 9.17) is 15.2 Å². The molecule has 2 aromatic carbocycles. The largest absolute Gasteiger partial charge is 0.507 e. The van der Waals surface area contributed by atoms with Gasteiger partial charge in [0.2, 0.25) is 0 Å². The molecule has 0 radical (unpaired) electrons. The number of nitrogens with two attached hydrogens (primary N) is 1. The van der Waals surface area contributed by atoms with E-state index in [-0.39, 0.29) is 5.75 Å². The van der Waals surface area contributed by atoms with Crippen LogP contribution in [0.2, 0.25) is 0 Å². The number of anilines is 1. The number of hydrogen-bond acceptors (Lipinski definition) is 4. The van der Waals surface area contributed by atoms with Gasteiger partial charge in [0.15, 0.2) is 0 Å². The molecule has 3 N–H and O–H groups in total. The maximum atomic E-state index is 9.89. The fourth-order valence-electron chi connectivity index (χ4n) is 1.79. The SMILES string of the molecule is COc1ccc(-c2cc(N)ccc2O)c(OC)c1. The van der Waals surface area contributed by atoms with Crippen LogP contribution in [0.15, 0.2) is 36.4 Å². The van der Waals surface area contributed by atoms with Gasteiger partial charge in [-0.1, -0.05) is 0 Å². The maximum Gasteiger partial charge on any atom is 0.130 e. The molecule has 0 saturated carbocycles. The monoisotopic (exact) mass is 245 g/mol. The molecule has 0 atom stereocenters. The first-order valence-corrected chi connectivity index (χ1v) is 5.46. The van der Waals surface area contributed by atoms with Gasteiger partial charge < -0.3 is 20.3 Å². The summed E-state index contributed by atoms with van der Waals surface area (Å²) in [7, 11) is 3.16. The Labute approximate surface area is 106 Å². The maximum absolute atomic E-state index is 9.89. The van der Waals surface area contributed by atoms with Crippen LogP contribution < -0.4 is 15.2 Å². The Balaban J connectivity index is 2.59. The predicted octanol–water partition coefficient (Wildman–Crippen LogP) is 2.66. The van der Waals surface area contributed by atoms with Crippen molar-refractivity contribution < 1.29 is 14.6 Å². The zero-order chi connectivity index (χ0) is 13.1. The third-order valence-corrected chi connectivity index (χ3v) is 2.72. The third-order valence-electron chi connectivity index (χ3n) is 2.72. The summed E-state index contributed by atoms with van der Waals surface area (Å²) in [5.74, 6) is 1.47. The summed E-state index contributed by atoms with van der Waals surface area (Å²) in [6.07, 6.45) is 0. The van der Waals surface area contributed by atoms with Crippen molar-refractivity contribution in [2.45, 2.75) is 0 Å². The first-order valence-electron chi connectivity index (χ1n) is 5.46. The van der Waals surface area contributed by atoms with E-state index in [0.717, 1.165) is 5.56 Å². The fourth-order valence-corrected chi connectivity index (χ4v) is 1.79. The van der Waals surface area contributed by atoms with Gasteiger partial charge in [0.05, 0.1) is 14.2 Å². The van der Waals surface area contributed by atoms with Crippen molar-refractivity contribution in [3.63, 3.8) is 0 Å². The van der Waals surface area contributed by atoms with Crippen LogP contribution in [-0.2, 0) is 0 Å². The highest BCUT2D eigenvalue weighted by atomic mass is 16.5. The van der Waals surface area contributed by atoms with Gasteiger partial charge in [-0.05, 0) is 30.3 Å². The summed E-state index contributed by atoms with van der Waals surface area (Å²) in [4.78, 5) is 0. The number of benzene rings is 2. The average Bonchev–Trinajstić information content (AvgIpc) is 2.41. The first-order chi connectivity index (χ1) is 8.65. The van der Waals surface area contributed by atoms with E-state index in [1.807, 2.05) is 6.07 Å². The molecule has 0 saturated heterocycles. The number of phenolic OH excluding ortho intramolecular Hbond substituents is 1. The van der Waals surface area contributed by atoms with Crippen LogP contribution in [-0.4, -0.2) is 19.3 Å². The van der Waals surface area contributed by atoms with Crippen LogP contribution in [0.1, 0.15) is 0 Å². The van der Waals surface area contributed by atoms with E-state index >= 15 is 0 Å². The number of methoxy groups -OCH3 is 2. The Hall–Kier alpha value is -2.36. The number of ether oxygens (including phenoxy) is 2. The molecule has 0 amide bonds. The number of aromatic hydroxyl groups is 1. The predicted molar refractivity (Wildman–Crippen MR) is 71.1 cm³/mol. The van der Waals surface area contributed by atoms with Crippen molar-refractivity contribution in [2.24, 2.45) is 0 Å². The molecule has 0 aliphatic rings. The molecule has 4 heteroatoms. The third kappa shape index (κ3) is 2.18. The van der Waals surface area contributed by atoms with Gasteiger partial charge >= 0.3 is 0 Å². The Morgan fingerprint density at radius 1 is 0.944 bits per heavy atom. The summed E-state index contributed by atoms with van der Waals surface area (Å²) >= 11 is 0. The highest BCUT2D eigenvalue weighted by Gasteiger charge is 2.11. The molecule has 0 heterocycles. The number of hydrogen-bond donors (Lipinski definition) is 2. The topological polar surface area (TPSA) is 64.7 Å². The summed E-state index contributed by atoms with van der Waals surface area (Å²) < 4.78 is 10.4. The quantitative estimate of drug-likeness (QED) is 0.644. The van der Waals surface area contributed by atoms with Crippen molar-refractivity contribution in [3.05, 3.63) is 36.4 Å². The van der Waals surface area contributed by atoms with Crippen molar-refractivity contribution in [1.29, 1.82) is 0 Å². The van der Waals surface area contributed by atoms with Crippen LogP contribution in [0.5, 0.6) is 17.2 Å². The Morgan fingerprint density at radius 2 is 1.72 bits per heavy atom. The lowest BCUT2D eigenvalue weighted by molar-refractivity contribution is 0.395. The van der Waals surface area contributed by atoms with E-state index < -0.39 is 0 Å².